The summed E-state index contributed by atoms with van der Waals surface area (Å²) in [7, 11) is 1.97. The summed E-state index contributed by atoms with van der Waals surface area (Å²) in [5, 5.41) is 3.44. The number of imidazole rings is 1. The van der Waals surface area contributed by atoms with E-state index in [9.17, 15) is 0 Å². The van der Waals surface area contributed by atoms with Crippen molar-refractivity contribution in [3.63, 3.8) is 0 Å². The topological polar surface area (TPSA) is 52.0 Å². The largest absolute Gasteiger partial charge is 0.492 e. The Kier molecular flexibility index (Phi) is 5.12. The average Bonchev–Trinajstić information content (AvgIpc) is 2.89. The molecule has 20 heavy (non-hydrogen) atoms. The second-order valence-electron chi connectivity index (χ2n) is 4.76. The highest BCUT2D eigenvalue weighted by atomic mass is 16.5. The SMILES string of the molecule is CCCOc1cncc(C(NCC)c2cn(C)cn2)c1. The zero-order chi connectivity index (χ0) is 14.4. The fraction of sp³-hybridized carbons (Fsp3) is 0.467. The number of aryl methyl sites for hydroxylation is 1. The normalized spacial score (nSPS) is 12.3. The summed E-state index contributed by atoms with van der Waals surface area (Å²) in [6.45, 7) is 5.75. The summed E-state index contributed by atoms with van der Waals surface area (Å²) in [6.07, 6.45) is 8.43. The smallest absolute Gasteiger partial charge is 0.137 e. The number of pyridine rings is 1. The third-order valence-corrected chi connectivity index (χ3v) is 2.97. The minimum atomic E-state index is 0.0406. The molecule has 0 radical (unpaired) electrons. The molecule has 0 amide bonds. The highest BCUT2D eigenvalue weighted by Crippen LogP contribution is 2.23. The Bertz CT molecular complexity index is 538. The molecule has 5 nitrogen and oxygen atoms in total. The molecule has 2 rings (SSSR count). The molecule has 0 aromatic carbocycles. The van der Waals surface area contributed by atoms with Crippen molar-refractivity contribution in [1.29, 1.82) is 0 Å². The predicted octanol–water partition coefficient (Wildman–Crippen LogP) is 2.30. The molecule has 108 valence electrons. The van der Waals surface area contributed by atoms with E-state index in [-0.39, 0.29) is 6.04 Å². The van der Waals surface area contributed by atoms with Gasteiger partial charge in [0.2, 0.25) is 0 Å². The Labute approximate surface area is 120 Å². The van der Waals surface area contributed by atoms with Crippen molar-refractivity contribution in [1.82, 2.24) is 19.9 Å². The molecule has 2 aromatic heterocycles. The van der Waals surface area contributed by atoms with E-state index < -0.39 is 0 Å². The van der Waals surface area contributed by atoms with E-state index in [1.165, 1.54) is 0 Å². The molecule has 0 aliphatic heterocycles. The summed E-state index contributed by atoms with van der Waals surface area (Å²) in [5.74, 6) is 0.809. The van der Waals surface area contributed by atoms with Gasteiger partial charge >= 0.3 is 0 Å². The fourth-order valence-electron chi connectivity index (χ4n) is 2.07. The zero-order valence-electron chi connectivity index (χ0n) is 12.3. The summed E-state index contributed by atoms with van der Waals surface area (Å²) in [5.41, 5.74) is 2.06. The standard InChI is InChI=1S/C15H22N4O/c1-4-6-20-13-7-12(8-16-9-13)15(17-5-2)14-10-19(3)11-18-14/h7-11,15,17H,4-6H2,1-3H3. The van der Waals surface area contributed by atoms with Crippen LogP contribution in [0.1, 0.15) is 37.6 Å². The predicted molar refractivity (Wildman–Crippen MR) is 78.8 cm³/mol. The summed E-state index contributed by atoms with van der Waals surface area (Å²) < 4.78 is 7.60. The van der Waals surface area contributed by atoms with Gasteiger partial charge in [-0.05, 0) is 24.6 Å². The first-order chi connectivity index (χ1) is 9.74. The van der Waals surface area contributed by atoms with Crippen LogP contribution in [0.15, 0.2) is 31.0 Å². The first-order valence-electron chi connectivity index (χ1n) is 7.03. The number of ether oxygens (including phenoxy) is 1. The first kappa shape index (κ1) is 14.5. The van der Waals surface area contributed by atoms with Crippen LogP contribution in [0, 0.1) is 0 Å². The van der Waals surface area contributed by atoms with Gasteiger partial charge in [0.1, 0.15) is 5.75 Å². The lowest BCUT2D eigenvalue weighted by Gasteiger charge is -2.16. The molecule has 2 aromatic rings. The summed E-state index contributed by atoms with van der Waals surface area (Å²) in [4.78, 5) is 8.71. The lowest BCUT2D eigenvalue weighted by Crippen LogP contribution is -2.22. The Morgan fingerprint density at radius 1 is 1.35 bits per heavy atom. The van der Waals surface area contributed by atoms with Gasteiger partial charge < -0.3 is 14.6 Å². The molecule has 2 heterocycles. The van der Waals surface area contributed by atoms with Crippen LogP contribution < -0.4 is 10.1 Å². The lowest BCUT2D eigenvalue weighted by atomic mass is 10.1. The first-order valence-corrected chi connectivity index (χ1v) is 7.03. The van der Waals surface area contributed by atoms with Gasteiger partial charge in [0.05, 0.1) is 30.9 Å². The number of aromatic nitrogens is 3. The van der Waals surface area contributed by atoms with Crippen molar-refractivity contribution in [2.75, 3.05) is 13.2 Å². The molecule has 1 unspecified atom stereocenters. The van der Waals surface area contributed by atoms with Crippen molar-refractivity contribution >= 4 is 0 Å². The molecule has 0 aliphatic rings. The van der Waals surface area contributed by atoms with E-state index in [2.05, 4.69) is 29.1 Å². The van der Waals surface area contributed by atoms with Crippen molar-refractivity contribution in [2.24, 2.45) is 7.05 Å². The quantitative estimate of drug-likeness (QED) is 0.841. The molecule has 0 aliphatic carbocycles. The van der Waals surface area contributed by atoms with Gasteiger partial charge in [0.25, 0.3) is 0 Å². The zero-order valence-corrected chi connectivity index (χ0v) is 12.3. The Balaban J connectivity index is 2.24. The molecular weight excluding hydrogens is 252 g/mol. The fourth-order valence-corrected chi connectivity index (χ4v) is 2.07. The highest BCUT2D eigenvalue weighted by molar-refractivity contribution is 5.30. The molecule has 0 saturated carbocycles. The van der Waals surface area contributed by atoms with Gasteiger partial charge in [-0.15, -0.1) is 0 Å². The van der Waals surface area contributed by atoms with Gasteiger partial charge in [0, 0.05) is 19.4 Å². The summed E-state index contributed by atoms with van der Waals surface area (Å²) >= 11 is 0. The summed E-state index contributed by atoms with van der Waals surface area (Å²) in [6, 6.07) is 2.07. The second-order valence-corrected chi connectivity index (χ2v) is 4.76. The second kappa shape index (κ2) is 7.05. The number of nitrogens with zero attached hydrogens (tertiary/aromatic N) is 3. The van der Waals surface area contributed by atoms with Crippen LogP contribution >= 0.6 is 0 Å². The van der Waals surface area contributed by atoms with Crippen LogP contribution in [0.2, 0.25) is 0 Å². The van der Waals surface area contributed by atoms with E-state index in [1.807, 2.05) is 36.4 Å². The number of hydrogen-bond donors (Lipinski definition) is 1. The van der Waals surface area contributed by atoms with Crippen LogP contribution in [0.25, 0.3) is 0 Å². The molecule has 1 N–H and O–H groups in total. The molecular formula is C15H22N4O. The van der Waals surface area contributed by atoms with Gasteiger partial charge in [-0.2, -0.15) is 0 Å². The number of hydrogen-bond acceptors (Lipinski definition) is 4. The van der Waals surface area contributed by atoms with Gasteiger partial charge in [-0.3, -0.25) is 4.98 Å². The van der Waals surface area contributed by atoms with E-state index >= 15 is 0 Å². The van der Waals surface area contributed by atoms with Crippen LogP contribution in [0.5, 0.6) is 5.75 Å². The van der Waals surface area contributed by atoms with E-state index in [4.69, 9.17) is 4.74 Å². The maximum atomic E-state index is 5.65. The van der Waals surface area contributed by atoms with E-state index in [0.717, 1.165) is 30.0 Å². The minimum Gasteiger partial charge on any atom is -0.492 e. The molecule has 0 bridgehead atoms. The van der Waals surface area contributed by atoms with Crippen molar-refractivity contribution < 1.29 is 4.74 Å². The van der Waals surface area contributed by atoms with E-state index in [1.54, 1.807) is 6.20 Å². The Morgan fingerprint density at radius 2 is 2.20 bits per heavy atom. The number of nitrogens with one attached hydrogen (secondary N) is 1. The third kappa shape index (κ3) is 3.57. The third-order valence-electron chi connectivity index (χ3n) is 2.97. The molecule has 1 atom stereocenters. The minimum absolute atomic E-state index is 0.0406. The lowest BCUT2D eigenvalue weighted by molar-refractivity contribution is 0.315. The maximum Gasteiger partial charge on any atom is 0.137 e. The Hall–Kier alpha value is -1.88. The van der Waals surface area contributed by atoms with Crippen molar-refractivity contribution in [3.05, 3.63) is 42.2 Å². The number of rotatable bonds is 7. The van der Waals surface area contributed by atoms with Crippen LogP contribution in [-0.2, 0) is 7.05 Å². The highest BCUT2D eigenvalue weighted by Gasteiger charge is 2.16. The van der Waals surface area contributed by atoms with Crippen molar-refractivity contribution in [3.8, 4) is 5.75 Å². The molecule has 5 heteroatoms. The van der Waals surface area contributed by atoms with Gasteiger partial charge in [-0.1, -0.05) is 13.8 Å². The molecule has 0 fully saturated rings. The van der Waals surface area contributed by atoms with Gasteiger partial charge in [-0.25, -0.2) is 4.98 Å². The molecule has 0 saturated heterocycles. The van der Waals surface area contributed by atoms with E-state index in [0.29, 0.717) is 6.61 Å². The van der Waals surface area contributed by atoms with Crippen LogP contribution in [-0.4, -0.2) is 27.7 Å². The van der Waals surface area contributed by atoms with Crippen molar-refractivity contribution in [2.45, 2.75) is 26.3 Å². The monoisotopic (exact) mass is 274 g/mol. The van der Waals surface area contributed by atoms with Gasteiger partial charge in [0.15, 0.2) is 0 Å². The van der Waals surface area contributed by atoms with Crippen LogP contribution in [0.4, 0.5) is 0 Å². The Morgan fingerprint density at radius 3 is 2.85 bits per heavy atom. The average molecular weight is 274 g/mol. The van der Waals surface area contributed by atoms with Crippen LogP contribution in [0.3, 0.4) is 0 Å². The molecule has 0 spiro atoms. The maximum absolute atomic E-state index is 5.65.